The summed E-state index contributed by atoms with van der Waals surface area (Å²) in [5, 5.41) is 0.678. The summed E-state index contributed by atoms with van der Waals surface area (Å²) in [7, 11) is 0. The van der Waals surface area contributed by atoms with Gasteiger partial charge in [0.1, 0.15) is 11.2 Å². The highest BCUT2D eigenvalue weighted by Gasteiger charge is 2.23. The second-order valence-electron chi connectivity index (χ2n) is 6.18. The molecule has 2 heterocycles. The van der Waals surface area contributed by atoms with E-state index in [1.54, 1.807) is 11.8 Å². The van der Waals surface area contributed by atoms with Crippen LogP contribution in [0.15, 0.2) is 23.1 Å². The predicted octanol–water partition coefficient (Wildman–Crippen LogP) is 4.62. The second-order valence-corrected chi connectivity index (χ2v) is 7.82. The van der Waals surface area contributed by atoms with Crippen molar-refractivity contribution in [1.82, 2.24) is 0 Å². The van der Waals surface area contributed by atoms with Gasteiger partial charge in [0.25, 0.3) is 0 Å². The van der Waals surface area contributed by atoms with E-state index in [0.717, 1.165) is 49.7 Å². The molecule has 122 valence electrons. The number of hydrogen-bond acceptors (Lipinski definition) is 4. The zero-order valence-corrected chi connectivity index (χ0v) is 14.5. The van der Waals surface area contributed by atoms with Gasteiger partial charge < -0.3 is 14.2 Å². The van der Waals surface area contributed by atoms with Crippen molar-refractivity contribution in [3.05, 3.63) is 23.2 Å². The molecule has 0 spiro atoms. The van der Waals surface area contributed by atoms with E-state index in [-0.39, 0.29) is 5.44 Å². The van der Waals surface area contributed by atoms with Gasteiger partial charge in [-0.1, -0.05) is 30.3 Å². The van der Waals surface area contributed by atoms with Crippen molar-refractivity contribution in [3.63, 3.8) is 0 Å². The fourth-order valence-electron chi connectivity index (χ4n) is 2.76. The summed E-state index contributed by atoms with van der Waals surface area (Å²) in [6.45, 7) is 5.49. The quantitative estimate of drug-likeness (QED) is 0.780. The number of benzene rings is 1. The van der Waals surface area contributed by atoms with Gasteiger partial charge in [-0.3, -0.25) is 0 Å². The third-order valence-electron chi connectivity index (χ3n) is 4.15. The fourth-order valence-corrected chi connectivity index (χ4v) is 4.13. The Balaban J connectivity index is 1.57. The van der Waals surface area contributed by atoms with Gasteiger partial charge >= 0.3 is 0 Å². The van der Waals surface area contributed by atoms with Crippen LogP contribution < -0.4 is 4.74 Å². The number of ether oxygens (including phenoxy) is 3. The first-order chi connectivity index (χ1) is 10.7. The maximum Gasteiger partial charge on any atom is 0.139 e. The third kappa shape index (κ3) is 4.54. The molecule has 2 aliphatic rings. The Labute approximate surface area is 141 Å². The summed E-state index contributed by atoms with van der Waals surface area (Å²) in [4.78, 5) is 1.16. The first-order valence-electron chi connectivity index (χ1n) is 7.99. The Kier molecular flexibility index (Phi) is 5.91. The van der Waals surface area contributed by atoms with Crippen LogP contribution in [0.1, 0.15) is 26.2 Å². The van der Waals surface area contributed by atoms with Crippen LogP contribution in [0, 0.1) is 11.8 Å². The summed E-state index contributed by atoms with van der Waals surface area (Å²) in [6, 6.07) is 6.00. The first kappa shape index (κ1) is 16.4. The molecule has 0 radical (unpaired) electrons. The van der Waals surface area contributed by atoms with Gasteiger partial charge in [-0.2, -0.15) is 0 Å². The topological polar surface area (TPSA) is 27.7 Å². The van der Waals surface area contributed by atoms with Gasteiger partial charge in [0.05, 0.1) is 18.2 Å². The average Bonchev–Trinajstić information content (AvgIpc) is 2.94. The molecule has 2 aliphatic heterocycles. The van der Waals surface area contributed by atoms with Crippen LogP contribution >= 0.6 is 23.4 Å². The van der Waals surface area contributed by atoms with E-state index < -0.39 is 0 Å². The highest BCUT2D eigenvalue weighted by Crippen LogP contribution is 2.37. The highest BCUT2D eigenvalue weighted by atomic mass is 35.5. The standard InChI is InChI=1S/C17H23ClO3S/c1-12-8-17(21-10-12)22-14-2-3-15(18)16(9-14)20-11-13-4-6-19-7-5-13/h2-3,9,12-13,17H,4-8,10-11H2,1H3/t12-,17?/m1/s1. The Hall–Kier alpha value is -0.420. The predicted molar refractivity (Wildman–Crippen MR) is 89.9 cm³/mol. The van der Waals surface area contributed by atoms with E-state index in [4.69, 9.17) is 25.8 Å². The lowest BCUT2D eigenvalue weighted by molar-refractivity contribution is 0.0497. The molecule has 0 N–H and O–H groups in total. The van der Waals surface area contributed by atoms with Gasteiger partial charge in [0.15, 0.2) is 0 Å². The molecule has 0 saturated carbocycles. The lowest BCUT2D eigenvalue weighted by Crippen LogP contribution is -2.21. The minimum Gasteiger partial charge on any atom is -0.492 e. The highest BCUT2D eigenvalue weighted by molar-refractivity contribution is 7.99. The molecule has 3 rings (SSSR count). The van der Waals surface area contributed by atoms with E-state index in [2.05, 4.69) is 6.92 Å². The normalized spacial score (nSPS) is 26.3. The Bertz CT molecular complexity index is 491. The van der Waals surface area contributed by atoms with Crippen LogP contribution in [-0.4, -0.2) is 31.9 Å². The van der Waals surface area contributed by atoms with Gasteiger partial charge in [0, 0.05) is 18.1 Å². The molecular formula is C17H23ClO3S. The van der Waals surface area contributed by atoms with E-state index >= 15 is 0 Å². The van der Waals surface area contributed by atoms with Gasteiger partial charge in [0.2, 0.25) is 0 Å². The summed E-state index contributed by atoms with van der Waals surface area (Å²) >= 11 is 8.02. The molecule has 2 atom stereocenters. The van der Waals surface area contributed by atoms with Crippen LogP contribution in [-0.2, 0) is 9.47 Å². The van der Waals surface area contributed by atoms with Crippen LogP contribution in [0.3, 0.4) is 0 Å². The van der Waals surface area contributed by atoms with E-state index in [9.17, 15) is 0 Å². The Morgan fingerprint density at radius 2 is 2.14 bits per heavy atom. The molecule has 22 heavy (non-hydrogen) atoms. The van der Waals surface area contributed by atoms with Crippen molar-refractivity contribution in [1.29, 1.82) is 0 Å². The molecule has 1 aromatic rings. The minimum absolute atomic E-state index is 0.250. The number of halogens is 1. The molecular weight excluding hydrogens is 320 g/mol. The van der Waals surface area contributed by atoms with Crippen molar-refractivity contribution < 1.29 is 14.2 Å². The van der Waals surface area contributed by atoms with Crippen LogP contribution in [0.2, 0.25) is 5.02 Å². The lowest BCUT2D eigenvalue weighted by atomic mass is 10.0. The Morgan fingerprint density at radius 3 is 2.86 bits per heavy atom. The minimum atomic E-state index is 0.250. The maximum absolute atomic E-state index is 6.26. The van der Waals surface area contributed by atoms with Crippen molar-refractivity contribution in [2.24, 2.45) is 11.8 Å². The lowest BCUT2D eigenvalue weighted by Gasteiger charge is -2.22. The number of rotatable bonds is 5. The molecule has 2 fully saturated rings. The molecule has 2 saturated heterocycles. The number of hydrogen-bond donors (Lipinski definition) is 0. The monoisotopic (exact) mass is 342 g/mol. The van der Waals surface area contributed by atoms with E-state index in [1.807, 2.05) is 18.2 Å². The van der Waals surface area contributed by atoms with Crippen LogP contribution in [0.5, 0.6) is 5.75 Å². The maximum atomic E-state index is 6.26. The first-order valence-corrected chi connectivity index (χ1v) is 9.25. The Morgan fingerprint density at radius 1 is 1.32 bits per heavy atom. The largest absolute Gasteiger partial charge is 0.492 e. The summed E-state index contributed by atoms with van der Waals surface area (Å²) in [5.41, 5.74) is 0.250. The zero-order chi connectivity index (χ0) is 15.4. The zero-order valence-electron chi connectivity index (χ0n) is 12.9. The fraction of sp³-hybridized carbons (Fsp3) is 0.647. The van der Waals surface area contributed by atoms with Gasteiger partial charge in [-0.25, -0.2) is 0 Å². The van der Waals surface area contributed by atoms with Crippen molar-refractivity contribution in [2.45, 2.75) is 36.5 Å². The van der Waals surface area contributed by atoms with E-state index in [0.29, 0.717) is 23.5 Å². The second kappa shape index (κ2) is 7.91. The molecule has 1 aromatic carbocycles. The smallest absolute Gasteiger partial charge is 0.139 e. The molecule has 0 bridgehead atoms. The van der Waals surface area contributed by atoms with Crippen molar-refractivity contribution in [3.8, 4) is 5.75 Å². The summed E-state index contributed by atoms with van der Waals surface area (Å²) < 4.78 is 17.1. The SMILES string of the molecule is C[C@H]1COC(Sc2ccc(Cl)c(OCC3CCOCC3)c2)C1. The summed E-state index contributed by atoms with van der Waals surface area (Å²) in [5.74, 6) is 2.00. The van der Waals surface area contributed by atoms with Crippen molar-refractivity contribution in [2.75, 3.05) is 26.4 Å². The number of thioether (sulfide) groups is 1. The average molecular weight is 343 g/mol. The van der Waals surface area contributed by atoms with Gasteiger partial charge in [-0.15, -0.1) is 0 Å². The molecule has 1 unspecified atom stereocenters. The summed E-state index contributed by atoms with van der Waals surface area (Å²) in [6.07, 6.45) is 3.24. The molecule has 3 nitrogen and oxygen atoms in total. The van der Waals surface area contributed by atoms with Crippen molar-refractivity contribution >= 4 is 23.4 Å². The molecule has 0 amide bonds. The van der Waals surface area contributed by atoms with Crippen LogP contribution in [0.25, 0.3) is 0 Å². The third-order valence-corrected chi connectivity index (χ3v) is 5.58. The molecule has 0 aliphatic carbocycles. The molecule has 0 aromatic heterocycles. The van der Waals surface area contributed by atoms with E-state index in [1.165, 1.54) is 0 Å². The van der Waals surface area contributed by atoms with Gasteiger partial charge in [-0.05, 0) is 49.3 Å². The molecule has 5 heteroatoms. The van der Waals surface area contributed by atoms with Crippen LogP contribution in [0.4, 0.5) is 0 Å².